The Morgan fingerprint density at radius 3 is 2.67 bits per heavy atom. The Kier molecular flexibility index (Phi) is 4.30. The molecular weight excluding hydrogens is 260 g/mol. The summed E-state index contributed by atoms with van der Waals surface area (Å²) in [4.78, 5) is 12.8. The van der Waals surface area contributed by atoms with Gasteiger partial charge in [0.2, 0.25) is 10.0 Å². The minimum absolute atomic E-state index is 0.221. The fourth-order valence-electron chi connectivity index (χ4n) is 1.10. The lowest BCUT2D eigenvalue weighted by atomic mass is 10.3. The minimum Gasteiger partial charge on any atom is -0.358 e. The predicted molar refractivity (Wildman–Crippen MR) is 60.9 cm³/mol. The van der Waals surface area contributed by atoms with E-state index in [2.05, 4.69) is 9.71 Å². The van der Waals surface area contributed by atoms with Crippen LogP contribution in [0.25, 0.3) is 0 Å². The molecule has 0 saturated carbocycles. The van der Waals surface area contributed by atoms with Crippen LogP contribution in [-0.4, -0.2) is 24.4 Å². The van der Waals surface area contributed by atoms with Gasteiger partial charge < -0.3 is 10.1 Å². The van der Waals surface area contributed by atoms with E-state index in [0.717, 1.165) is 18.3 Å². The molecule has 0 radical (unpaired) electrons. The molecule has 0 aliphatic rings. The van der Waals surface area contributed by atoms with Crippen LogP contribution in [0.15, 0.2) is 23.2 Å². The van der Waals surface area contributed by atoms with Crippen molar-refractivity contribution < 1.29 is 13.3 Å². The topological polar surface area (TPSA) is 126 Å². The summed E-state index contributed by atoms with van der Waals surface area (Å²) < 4.78 is 25.7. The van der Waals surface area contributed by atoms with Gasteiger partial charge in [-0.1, -0.05) is 6.92 Å². The molecule has 1 unspecified atom stereocenters. The highest BCUT2D eigenvalue weighted by molar-refractivity contribution is 7.89. The Morgan fingerprint density at radius 1 is 1.61 bits per heavy atom. The molecule has 0 aromatic carbocycles. The Hall–Kier alpha value is -2.05. The number of nitrogens with one attached hydrogen (secondary N) is 1. The number of nitrogens with zero attached hydrogens (tertiary/aromatic N) is 3. The van der Waals surface area contributed by atoms with Crippen molar-refractivity contribution in [1.29, 1.82) is 5.26 Å². The summed E-state index contributed by atoms with van der Waals surface area (Å²) in [6.45, 7) is 1.66. The van der Waals surface area contributed by atoms with Gasteiger partial charge in [-0.15, -0.1) is 0 Å². The van der Waals surface area contributed by atoms with Gasteiger partial charge in [-0.3, -0.25) is 0 Å². The molecule has 0 spiro atoms. The van der Waals surface area contributed by atoms with Crippen molar-refractivity contribution in [3.63, 3.8) is 0 Å². The second kappa shape index (κ2) is 5.52. The van der Waals surface area contributed by atoms with Crippen LogP contribution in [0.5, 0.6) is 0 Å². The van der Waals surface area contributed by atoms with Crippen molar-refractivity contribution in [2.45, 2.75) is 24.3 Å². The number of nitriles is 1. The summed E-state index contributed by atoms with van der Waals surface area (Å²) in [6.07, 6.45) is 1.20. The van der Waals surface area contributed by atoms with E-state index in [-0.39, 0.29) is 4.90 Å². The molecule has 1 N–H and O–H groups in total. The zero-order valence-electron chi connectivity index (χ0n) is 9.40. The quantitative estimate of drug-likeness (QED) is 0.615. The number of nitro groups is 1. The van der Waals surface area contributed by atoms with Crippen LogP contribution in [-0.2, 0) is 10.0 Å². The van der Waals surface area contributed by atoms with Gasteiger partial charge in [0.1, 0.15) is 10.9 Å². The zero-order valence-corrected chi connectivity index (χ0v) is 10.2. The van der Waals surface area contributed by atoms with E-state index < -0.39 is 26.8 Å². The monoisotopic (exact) mass is 270 g/mol. The van der Waals surface area contributed by atoms with Gasteiger partial charge in [-0.2, -0.15) is 9.98 Å². The molecule has 1 aromatic rings. The number of hydrogen-bond donors (Lipinski definition) is 1. The molecule has 0 bridgehead atoms. The van der Waals surface area contributed by atoms with Crippen LogP contribution in [0.4, 0.5) is 5.82 Å². The minimum atomic E-state index is -3.88. The van der Waals surface area contributed by atoms with Gasteiger partial charge in [0, 0.05) is 6.07 Å². The largest absolute Gasteiger partial charge is 0.363 e. The fourth-order valence-corrected chi connectivity index (χ4v) is 2.26. The molecule has 0 saturated heterocycles. The molecule has 8 nitrogen and oxygen atoms in total. The second-order valence-electron chi connectivity index (χ2n) is 3.32. The van der Waals surface area contributed by atoms with Gasteiger partial charge in [-0.25, -0.2) is 8.42 Å². The number of rotatable bonds is 5. The normalized spacial score (nSPS) is 12.7. The predicted octanol–water partition coefficient (Wildman–Crippen LogP) is 0.570. The van der Waals surface area contributed by atoms with Crippen LogP contribution in [0, 0.1) is 21.4 Å². The van der Waals surface area contributed by atoms with Crippen molar-refractivity contribution in [2.75, 3.05) is 0 Å². The summed E-state index contributed by atoms with van der Waals surface area (Å²) in [5.41, 5.74) is 0. The summed E-state index contributed by atoms with van der Waals surface area (Å²) >= 11 is 0. The highest BCUT2D eigenvalue weighted by Crippen LogP contribution is 2.12. The molecule has 0 amide bonds. The first-order valence-corrected chi connectivity index (χ1v) is 6.41. The summed E-state index contributed by atoms with van der Waals surface area (Å²) in [7, 11) is -3.88. The SMILES string of the molecule is CCC(C#N)NS(=O)(=O)c1ccc([N+](=O)[O-])nc1. The van der Waals surface area contributed by atoms with Gasteiger partial charge in [-0.05, 0) is 22.4 Å². The lowest BCUT2D eigenvalue weighted by Crippen LogP contribution is -2.33. The van der Waals surface area contributed by atoms with E-state index in [1.165, 1.54) is 0 Å². The van der Waals surface area contributed by atoms with Gasteiger partial charge in [0.25, 0.3) is 0 Å². The van der Waals surface area contributed by atoms with E-state index >= 15 is 0 Å². The number of pyridine rings is 1. The summed E-state index contributed by atoms with van der Waals surface area (Å²) in [5.74, 6) is -0.443. The third-order valence-electron chi connectivity index (χ3n) is 2.08. The Morgan fingerprint density at radius 2 is 2.28 bits per heavy atom. The van der Waals surface area contributed by atoms with Crippen molar-refractivity contribution >= 4 is 15.8 Å². The molecule has 1 rings (SSSR count). The average molecular weight is 270 g/mol. The molecule has 9 heteroatoms. The Labute approximate surface area is 103 Å². The maximum atomic E-state index is 11.8. The van der Waals surface area contributed by atoms with Crippen molar-refractivity contribution in [1.82, 2.24) is 9.71 Å². The molecule has 1 atom stereocenters. The van der Waals surface area contributed by atoms with E-state index in [4.69, 9.17) is 5.26 Å². The van der Waals surface area contributed by atoms with E-state index in [0.29, 0.717) is 6.42 Å². The summed E-state index contributed by atoms with van der Waals surface area (Å²) in [6, 6.07) is 3.00. The van der Waals surface area contributed by atoms with Gasteiger partial charge >= 0.3 is 5.82 Å². The first kappa shape index (κ1) is 14.0. The zero-order chi connectivity index (χ0) is 13.8. The molecule has 0 aliphatic heterocycles. The van der Waals surface area contributed by atoms with Gasteiger partial charge in [0.15, 0.2) is 6.20 Å². The Bertz CT molecular complexity index is 576. The molecule has 18 heavy (non-hydrogen) atoms. The second-order valence-corrected chi connectivity index (χ2v) is 5.03. The molecule has 1 aromatic heterocycles. The lowest BCUT2D eigenvalue weighted by molar-refractivity contribution is -0.389. The fraction of sp³-hybridized carbons (Fsp3) is 0.333. The Balaban J connectivity index is 2.99. The van der Waals surface area contributed by atoms with E-state index in [1.54, 1.807) is 13.0 Å². The number of aromatic nitrogens is 1. The molecule has 0 aliphatic carbocycles. The van der Waals surface area contributed by atoms with Crippen LogP contribution in [0.2, 0.25) is 0 Å². The lowest BCUT2D eigenvalue weighted by Gasteiger charge is -2.08. The summed E-state index contributed by atoms with van der Waals surface area (Å²) in [5, 5.41) is 19.0. The van der Waals surface area contributed by atoms with E-state index in [1.807, 2.05) is 0 Å². The molecular formula is C9H10N4O4S. The van der Waals surface area contributed by atoms with Crippen LogP contribution in [0.3, 0.4) is 0 Å². The van der Waals surface area contributed by atoms with Crippen LogP contribution in [0.1, 0.15) is 13.3 Å². The molecule has 1 heterocycles. The standard InChI is InChI=1S/C9H10N4O4S/c1-2-7(5-10)12-18(16,17)8-3-4-9(11-6-8)13(14)15/h3-4,6-7,12H,2H2,1H3. The van der Waals surface area contributed by atoms with Crippen molar-refractivity contribution in [2.24, 2.45) is 0 Å². The average Bonchev–Trinajstić information content (AvgIpc) is 2.36. The highest BCUT2D eigenvalue weighted by Gasteiger charge is 2.21. The van der Waals surface area contributed by atoms with E-state index in [9.17, 15) is 18.5 Å². The maximum absolute atomic E-state index is 11.8. The first-order chi connectivity index (χ1) is 8.40. The number of sulfonamides is 1. The smallest absolute Gasteiger partial charge is 0.358 e. The maximum Gasteiger partial charge on any atom is 0.363 e. The van der Waals surface area contributed by atoms with Crippen molar-refractivity contribution in [3.05, 3.63) is 28.4 Å². The first-order valence-electron chi connectivity index (χ1n) is 4.93. The van der Waals surface area contributed by atoms with Crippen LogP contribution < -0.4 is 4.72 Å². The molecule has 96 valence electrons. The van der Waals surface area contributed by atoms with Crippen LogP contribution >= 0.6 is 0 Å². The molecule has 0 fully saturated rings. The third-order valence-corrected chi connectivity index (χ3v) is 3.54. The third kappa shape index (κ3) is 3.22. The van der Waals surface area contributed by atoms with Crippen molar-refractivity contribution in [3.8, 4) is 6.07 Å². The highest BCUT2D eigenvalue weighted by atomic mass is 32.2. The number of hydrogen-bond acceptors (Lipinski definition) is 6. The van der Waals surface area contributed by atoms with Gasteiger partial charge in [0.05, 0.1) is 6.07 Å².